The predicted molar refractivity (Wildman–Crippen MR) is 101 cm³/mol. The Morgan fingerprint density at radius 3 is 2.54 bits per heavy atom. The van der Waals surface area contributed by atoms with Gasteiger partial charge in [0.25, 0.3) is 0 Å². The highest BCUT2D eigenvalue weighted by Crippen LogP contribution is 2.25. The number of para-hydroxylation sites is 1. The molecule has 1 N–H and O–H groups in total. The molecule has 3 heterocycles. The van der Waals surface area contributed by atoms with Crippen molar-refractivity contribution in [3.05, 3.63) is 48.3 Å². The van der Waals surface area contributed by atoms with Gasteiger partial charge in [0.15, 0.2) is 0 Å². The Hall–Kier alpha value is -3.15. The first-order chi connectivity index (χ1) is 12.6. The summed E-state index contributed by atoms with van der Waals surface area (Å²) < 4.78 is 0. The number of carbonyl (C=O) groups excluding carboxylic acids is 2. The van der Waals surface area contributed by atoms with Gasteiger partial charge in [-0.1, -0.05) is 18.2 Å². The molecule has 0 aliphatic carbocycles. The van der Waals surface area contributed by atoms with Crippen molar-refractivity contribution in [2.75, 3.05) is 26.2 Å². The maximum absolute atomic E-state index is 12.4. The fourth-order valence-corrected chi connectivity index (χ4v) is 3.36. The van der Waals surface area contributed by atoms with Crippen molar-refractivity contribution in [2.24, 2.45) is 0 Å². The molecular weight excluding hydrogens is 328 g/mol. The molecule has 6 heteroatoms. The van der Waals surface area contributed by atoms with Gasteiger partial charge in [0.05, 0.1) is 17.4 Å². The van der Waals surface area contributed by atoms with Crippen molar-refractivity contribution in [3.63, 3.8) is 0 Å². The Bertz CT molecular complexity index is 1010. The Balaban J connectivity index is 1.50. The van der Waals surface area contributed by atoms with Crippen molar-refractivity contribution in [1.82, 2.24) is 19.8 Å². The van der Waals surface area contributed by atoms with E-state index >= 15 is 0 Å². The summed E-state index contributed by atoms with van der Waals surface area (Å²) in [6.07, 6.45) is 5.11. The van der Waals surface area contributed by atoms with Crippen LogP contribution in [0.3, 0.4) is 0 Å². The van der Waals surface area contributed by atoms with Crippen LogP contribution in [0.25, 0.3) is 27.9 Å². The first-order valence-corrected chi connectivity index (χ1v) is 8.71. The highest BCUT2D eigenvalue weighted by atomic mass is 16.2. The van der Waals surface area contributed by atoms with E-state index in [1.165, 1.54) is 0 Å². The summed E-state index contributed by atoms with van der Waals surface area (Å²) in [5, 5.41) is 2.24. The SMILES string of the molecule is CC(=O)N1CCN(C(=O)/C=C/c2cc3c(cn2)[nH]c2ccccc23)CC1. The minimum Gasteiger partial charge on any atom is -0.353 e. The van der Waals surface area contributed by atoms with Crippen molar-refractivity contribution in [1.29, 1.82) is 0 Å². The summed E-state index contributed by atoms with van der Waals surface area (Å²) in [5.41, 5.74) is 2.80. The van der Waals surface area contributed by atoms with Crippen LogP contribution in [0, 0.1) is 0 Å². The van der Waals surface area contributed by atoms with Crippen LogP contribution in [0.2, 0.25) is 0 Å². The summed E-state index contributed by atoms with van der Waals surface area (Å²) >= 11 is 0. The first-order valence-electron chi connectivity index (χ1n) is 8.71. The van der Waals surface area contributed by atoms with Crippen molar-refractivity contribution in [2.45, 2.75) is 6.92 Å². The summed E-state index contributed by atoms with van der Waals surface area (Å²) in [7, 11) is 0. The number of amides is 2. The van der Waals surface area contributed by atoms with Gasteiger partial charge in [0.2, 0.25) is 11.8 Å². The van der Waals surface area contributed by atoms with Gasteiger partial charge in [-0.25, -0.2) is 0 Å². The molecule has 0 radical (unpaired) electrons. The number of pyridine rings is 1. The van der Waals surface area contributed by atoms with Crippen LogP contribution >= 0.6 is 0 Å². The monoisotopic (exact) mass is 348 g/mol. The van der Waals surface area contributed by atoms with Crippen LogP contribution < -0.4 is 0 Å². The van der Waals surface area contributed by atoms with Gasteiger partial charge in [-0.05, 0) is 18.2 Å². The molecule has 0 atom stereocenters. The average molecular weight is 348 g/mol. The van der Waals surface area contributed by atoms with E-state index in [1.54, 1.807) is 35.1 Å². The number of hydrogen-bond donors (Lipinski definition) is 1. The first kappa shape index (κ1) is 16.3. The Labute approximate surface area is 151 Å². The van der Waals surface area contributed by atoms with Gasteiger partial charge in [-0.15, -0.1) is 0 Å². The third kappa shape index (κ3) is 3.06. The third-order valence-electron chi connectivity index (χ3n) is 4.85. The molecule has 1 aliphatic heterocycles. The molecule has 0 spiro atoms. The van der Waals surface area contributed by atoms with Crippen LogP contribution in [0.5, 0.6) is 0 Å². The largest absolute Gasteiger partial charge is 0.353 e. The van der Waals surface area contributed by atoms with E-state index in [9.17, 15) is 9.59 Å². The van der Waals surface area contributed by atoms with Gasteiger partial charge in [0.1, 0.15) is 0 Å². The van der Waals surface area contributed by atoms with Crippen molar-refractivity contribution in [3.8, 4) is 0 Å². The van der Waals surface area contributed by atoms with Crippen LogP contribution in [0.4, 0.5) is 0 Å². The second-order valence-corrected chi connectivity index (χ2v) is 6.49. The van der Waals surface area contributed by atoms with Crippen molar-refractivity contribution >= 4 is 39.7 Å². The molecule has 0 saturated carbocycles. The number of piperazine rings is 1. The normalized spacial score (nSPS) is 15.3. The Kier molecular flexibility index (Phi) is 4.16. The lowest BCUT2D eigenvalue weighted by molar-refractivity contribution is -0.135. The van der Waals surface area contributed by atoms with E-state index in [1.807, 2.05) is 24.3 Å². The molecule has 0 unspecified atom stereocenters. The Morgan fingerprint density at radius 2 is 1.77 bits per heavy atom. The average Bonchev–Trinajstić information content (AvgIpc) is 3.04. The van der Waals surface area contributed by atoms with Gasteiger partial charge < -0.3 is 14.8 Å². The van der Waals surface area contributed by atoms with Crippen molar-refractivity contribution < 1.29 is 9.59 Å². The van der Waals surface area contributed by atoms with E-state index in [4.69, 9.17) is 0 Å². The quantitative estimate of drug-likeness (QED) is 0.723. The number of carbonyl (C=O) groups is 2. The topological polar surface area (TPSA) is 69.3 Å². The fourth-order valence-electron chi connectivity index (χ4n) is 3.36. The number of hydrogen-bond acceptors (Lipinski definition) is 3. The molecule has 132 valence electrons. The second-order valence-electron chi connectivity index (χ2n) is 6.49. The zero-order valence-electron chi connectivity index (χ0n) is 14.6. The summed E-state index contributed by atoms with van der Waals surface area (Å²) in [5.74, 6) is 0.0119. The number of nitrogens with one attached hydrogen (secondary N) is 1. The summed E-state index contributed by atoms with van der Waals surface area (Å²) in [4.78, 5) is 35.0. The molecule has 1 aliphatic rings. The van der Waals surface area contributed by atoms with Crippen LogP contribution in [-0.4, -0.2) is 57.8 Å². The number of aromatic amines is 1. The summed E-state index contributed by atoms with van der Waals surface area (Å²) in [6, 6.07) is 10.1. The Morgan fingerprint density at radius 1 is 1.04 bits per heavy atom. The zero-order valence-corrected chi connectivity index (χ0v) is 14.6. The summed E-state index contributed by atoms with van der Waals surface area (Å²) in [6.45, 7) is 3.88. The molecule has 1 aromatic carbocycles. The molecule has 6 nitrogen and oxygen atoms in total. The van der Waals surface area contributed by atoms with E-state index in [0.717, 1.165) is 27.5 Å². The van der Waals surface area contributed by atoms with Crippen LogP contribution in [0.1, 0.15) is 12.6 Å². The van der Waals surface area contributed by atoms with E-state index in [-0.39, 0.29) is 11.8 Å². The fraction of sp³-hybridized carbons (Fsp3) is 0.250. The number of rotatable bonds is 2. The van der Waals surface area contributed by atoms with Gasteiger partial charge in [-0.3, -0.25) is 14.6 Å². The maximum atomic E-state index is 12.4. The molecule has 3 aromatic rings. The molecule has 4 rings (SSSR count). The minimum absolute atomic E-state index is 0.0472. The van der Waals surface area contributed by atoms with Crippen LogP contribution in [0.15, 0.2) is 42.6 Å². The molecule has 26 heavy (non-hydrogen) atoms. The lowest BCUT2D eigenvalue weighted by atomic mass is 10.1. The van der Waals surface area contributed by atoms with E-state index in [2.05, 4.69) is 16.0 Å². The highest BCUT2D eigenvalue weighted by molar-refractivity contribution is 6.07. The van der Waals surface area contributed by atoms with E-state index < -0.39 is 0 Å². The van der Waals surface area contributed by atoms with Gasteiger partial charge >= 0.3 is 0 Å². The third-order valence-corrected chi connectivity index (χ3v) is 4.85. The smallest absolute Gasteiger partial charge is 0.246 e. The molecule has 1 saturated heterocycles. The molecule has 0 bridgehead atoms. The lowest BCUT2D eigenvalue weighted by Gasteiger charge is -2.33. The molecule has 2 amide bonds. The standard InChI is InChI=1S/C20H20N4O2/c1-14(25)23-8-10-24(11-9-23)20(26)7-6-15-12-17-16-4-2-3-5-18(16)22-19(17)13-21-15/h2-7,12-13,22H,8-11H2,1H3/b7-6+. The second kappa shape index (κ2) is 6.63. The number of aromatic nitrogens is 2. The van der Waals surface area contributed by atoms with Crippen LogP contribution in [-0.2, 0) is 9.59 Å². The predicted octanol–water partition coefficient (Wildman–Crippen LogP) is 2.42. The maximum Gasteiger partial charge on any atom is 0.246 e. The molecular formula is C20H20N4O2. The number of nitrogens with zero attached hydrogens (tertiary/aromatic N) is 3. The zero-order chi connectivity index (χ0) is 18.1. The highest BCUT2D eigenvalue weighted by Gasteiger charge is 2.20. The molecule has 2 aromatic heterocycles. The lowest BCUT2D eigenvalue weighted by Crippen LogP contribution is -2.49. The number of benzene rings is 1. The van der Waals surface area contributed by atoms with Gasteiger partial charge in [0, 0.05) is 55.5 Å². The van der Waals surface area contributed by atoms with Gasteiger partial charge in [-0.2, -0.15) is 0 Å². The number of H-pyrrole nitrogens is 1. The molecule has 1 fully saturated rings. The van der Waals surface area contributed by atoms with E-state index in [0.29, 0.717) is 26.2 Å². The number of fused-ring (bicyclic) bond motifs is 3. The minimum atomic E-state index is -0.0472.